The monoisotopic (exact) mass is 515 g/mol. The molecule has 3 heterocycles. The third-order valence-corrected chi connectivity index (χ3v) is 7.40. The zero-order valence-corrected chi connectivity index (χ0v) is 20.7. The van der Waals surface area contributed by atoms with Gasteiger partial charge in [-0.25, -0.2) is 0 Å². The Balaban J connectivity index is 1.16. The van der Waals surface area contributed by atoms with Crippen molar-refractivity contribution in [2.75, 3.05) is 39.3 Å². The average Bonchev–Trinajstić information content (AvgIpc) is 2.88. The van der Waals surface area contributed by atoms with Crippen molar-refractivity contribution in [3.8, 4) is 5.75 Å². The van der Waals surface area contributed by atoms with Crippen molar-refractivity contribution in [2.45, 2.75) is 25.0 Å². The highest BCUT2D eigenvalue weighted by Crippen LogP contribution is 2.28. The molecule has 3 aromatic rings. The van der Waals surface area contributed by atoms with Crippen LogP contribution in [0.25, 0.3) is 10.8 Å². The summed E-state index contributed by atoms with van der Waals surface area (Å²) >= 11 is 12.1. The van der Waals surface area contributed by atoms with E-state index < -0.39 is 0 Å². The van der Waals surface area contributed by atoms with E-state index in [-0.39, 0.29) is 23.7 Å². The molecule has 1 N–H and O–H groups in total. The number of piperidine rings is 1. The van der Waals surface area contributed by atoms with Crippen LogP contribution in [-0.2, 0) is 4.74 Å². The number of halogens is 2. The Bertz CT molecular complexity index is 1270. The summed E-state index contributed by atoms with van der Waals surface area (Å²) in [5, 5.41) is 2.20. The number of carbonyl (C=O) groups is 1. The number of aromatic amines is 1. The highest BCUT2D eigenvalue weighted by atomic mass is 35.5. The van der Waals surface area contributed by atoms with Crippen molar-refractivity contribution in [3.05, 3.63) is 74.6 Å². The molecule has 1 amide bonds. The minimum atomic E-state index is -0.191. The number of H-pyrrole nitrogens is 1. The SMILES string of the molecule is O=C(c1c[nH]c(=O)c2ccccc12)N1CCO[C@@H](CN2CCC(Oc3ccc(Cl)c(Cl)c3)CC2)C1. The van der Waals surface area contributed by atoms with E-state index in [1.54, 1.807) is 24.3 Å². The molecule has 2 fully saturated rings. The van der Waals surface area contributed by atoms with E-state index >= 15 is 0 Å². The van der Waals surface area contributed by atoms with Crippen LogP contribution in [0, 0.1) is 0 Å². The van der Waals surface area contributed by atoms with Gasteiger partial charge in [-0.05, 0) is 31.0 Å². The zero-order chi connectivity index (χ0) is 24.4. The van der Waals surface area contributed by atoms with Gasteiger partial charge >= 0.3 is 0 Å². The maximum atomic E-state index is 13.3. The molecule has 0 spiro atoms. The Morgan fingerprint density at radius 3 is 2.60 bits per heavy atom. The molecule has 2 aromatic carbocycles. The minimum absolute atomic E-state index is 0.0609. The molecule has 0 unspecified atom stereocenters. The van der Waals surface area contributed by atoms with E-state index in [2.05, 4.69) is 9.88 Å². The summed E-state index contributed by atoms with van der Waals surface area (Å²) < 4.78 is 12.1. The molecule has 0 bridgehead atoms. The second-order valence-electron chi connectivity index (χ2n) is 9.01. The van der Waals surface area contributed by atoms with Crippen LogP contribution in [0.1, 0.15) is 23.2 Å². The Kier molecular flexibility index (Phi) is 7.29. The van der Waals surface area contributed by atoms with Crippen LogP contribution in [-0.4, -0.2) is 72.2 Å². The van der Waals surface area contributed by atoms with E-state index in [1.165, 1.54) is 6.20 Å². The standard InChI is InChI=1S/C26H27Cl2N3O4/c27-23-6-5-18(13-24(23)28)35-17-7-9-30(10-8-17)15-19-16-31(11-12-34-19)26(33)22-14-29-25(32)21-4-2-1-3-20(21)22/h1-6,13-14,17,19H,7-12,15-16H2,(H,29,32)/t19-/m0/s1. The molecule has 2 saturated heterocycles. The number of nitrogens with zero attached hydrogens (tertiary/aromatic N) is 2. The Morgan fingerprint density at radius 1 is 1.06 bits per heavy atom. The molecule has 2 aliphatic heterocycles. The fourth-order valence-electron chi connectivity index (χ4n) is 4.81. The van der Waals surface area contributed by atoms with Crippen molar-refractivity contribution >= 4 is 39.9 Å². The van der Waals surface area contributed by atoms with Crippen LogP contribution in [0.4, 0.5) is 0 Å². The topological polar surface area (TPSA) is 74.9 Å². The largest absolute Gasteiger partial charge is 0.490 e. The Hall–Kier alpha value is -2.58. The lowest BCUT2D eigenvalue weighted by atomic mass is 10.1. The molecule has 1 aromatic heterocycles. The van der Waals surface area contributed by atoms with Crippen LogP contribution < -0.4 is 10.3 Å². The van der Waals surface area contributed by atoms with Crippen molar-refractivity contribution in [3.63, 3.8) is 0 Å². The number of pyridine rings is 1. The maximum absolute atomic E-state index is 13.3. The Labute approximate surface area is 213 Å². The number of carbonyl (C=O) groups excluding carboxylic acids is 1. The number of nitrogens with one attached hydrogen (secondary N) is 1. The Morgan fingerprint density at radius 2 is 1.83 bits per heavy atom. The zero-order valence-electron chi connectivity index (χ0n) is 19.2. The quantitative estimate of drug-likeness (QED) is 0.550. The van der Waals surface area contributed by atoms with Crippen molar-refractivity contribution in [1.29, 1.82) is 0 Å². The van der Waals surface area contributed by atoms with E-state index in [4.69, 9.17) is 32.7 Å². The summed E-state index contributed by atoms with van der Waals surface area (Å²) in [6, 6.07) is 12.5. The summed E-state index contributed by atoms with van der Waals surface area (Å²) in [4.78, 5) is 32.3. The van der Waals surface area contributed by atoms with Gasteiger partial charge in [0.25, 0.3) is 11.5 Å². The van der Waals surface area contributed by atoms with Crippen molar-refractivity contribution < 1.29 is 14.3 Å². The second-order valence-corrected chi connectivity index (χ2v) is 9.83. The van der Waals surface area contributed by atoms with Gasteiger partial charge in [-0.3, -0.25) is 9.59 Å². The van der Waals surface area contributed by atoms with Crippen LogP contribution in [0.3, 0.4) is 0 Å². The molecule has 0 saturated carbocycles. The molecule has 5 rings (SSSR count). The van der Waals surface area contributed by atoms with Crippen LogP contribution in [0.15, 0.2) is 53.5 Å². The highest BCUT2D eigenvalue weighted by Gasteiger charge is 2.29. The minimum Gasteiger partial charge on any atom is -0.490 e. The lowest BCUT2D eigenvalue weighted by Crippen LogP contribution is -2.51. The third kappa shape index (κ3) is 5.48. The van der Waals surface area contributed by atoms with Gasteiger partial charge in [-0.15, -0.1) is 0 Å². The van der Waals surface area contributed by atoms with E-state index in [1.807, 2.05) is 23.1 Å². The lowest BCUT2D eigenvalue weighted by molar-refractivity contribution is -0.0413. The van der Waals surface area contributed by atoms with Crippen LogP contribution in [0.2, 0.25) is 10.0 Å². The fourth-order valence-corrected chi connectivity index (χ4v) is 5.10. The highest BCUT2D eigenvalue weighted by molar-refractivity contribution is 6.42. The number of benzene rings is 2. The first-order chi connectivity index (χ1) is 17.0. The van der Waals surface area contributed by atoms with Crippen molar-refractivity contribution in [1.82, 2.24) is 14.8 Å². The van der Waals surface area contributed by atoms with E-state index in [0.717, 1.165) is 38.2 Å². The van der Waals surface area contributed by atoms with Gasteiger partial charge in [0.1, 0.15) is 11.9 Å². The summed E-state index contributed by atoms with van der Waals surface area (Å²) in [5.74, 6) is 0.650. The predicted octanol–water partition coefficient (Wildman–Crippen LogP) is 4.22. The van der Waals surface area contributed by atoms with Gasteiger partial charge in [0, 0.05) is 55.8 Å². The molecule has 35 heavy (non-hydrogen) atoms. The molecule has 0 aliphatic carbocycles. The van der Waals surface area contributed by atoms with Crippen LogP contribution in [0.5, 0.6) is 5.75 Å². The fraction of sp³-hybridized carbons (Fsp3) is 0.385. The van der Waals surface area contributed by atoms with Gasteiger partial charge in [0.2, 0.25) is 0 Å². The molecule has 2 aliphatic rings. The number of ether oxygens (including phenoxy) is 2. The maximum Gasteiger partial charge on any atom is 0.256 e. The van der Waals surface area contributed by atoms with Crippen LogP contribution >= 0.6 is 23.2 Å². The summed E-state index contributed by atoms with van der Waals surface area (Å²) in [7, 11) is 0. The summed E-state index contributed by atoms with van der Waals surface area (Å²) in [5.41, 5.74) is 0.324. The first-order valence-electron chi connectivity index (χ1n) is 11.8. The number of likely N-dealkylation sites (tertiary alicyclic amines) is 1. The number of aromatic nitrogens is 1. The third-order valence-electron chi connectivity index (χ3n) is 6.66. The smallest absolute Gasteiger partial charge is 0.256 e. The molecule has 0 radical (unpaired) electrons. The number of rotatable bonds is 5. The number of hydrogen-bond donors (Lipinski definition) is 1. The second kappa shape index (κ2) is 10.6. The van der Waals surface area contributed by atoms with Gasteiger partial charge in [-0.2, -0.15) is 0 Å². The molecule has 184 valence electrons. The van der Waals surface area contributed by atoms with E-state index in [0.29, 0.717) is 46.1 Å². The number of morpholine rings is 1. The molecule has 7 nitrogen and oxygen atoms in total. The van der Waals surface area contributed by atoms with Crippen molar-refractivity contribution in [2.24, 2.45) is 0 Å². The summed E-state index contributed by atoms with van der Waals surface area (Å²) in [6.45, 7) is 4.09. The number of hydrogen-bond acceptors (Lipinski definition) is 5. The van der Waals surface area contributed by atoms with Gasteiger partial charge in [0.15, 0.2) is 0 Å². The lowest BCUT2D eigenvalue weighted by Gasteiger charge is -2.38. The van der Waals surface area contributed by atoms with Gasteiger partial charge < -0.3 is 24.3 Å². The first kappa shape index (κ1) is 24.1. The number of amides is 1. The van der Waals surface area contributed by atoms with Gasteiger partial charge in [-0.1, -0.05) is 41.4 Å². The normalized spacial score (nSPS) is 19.7. The average molecular weight is 516 g/mol. The predicted molar refractivity (Wildman–Crippen MR) is 137 cm³/mol. The molecule has 9 heteroatoms. The molecular formula is C26H27Cl2N3O4. The molecule has 1 atom stereocenters. The first-order valence-corrected chi connectivity index (χ1v) is 12.6. The van der Waals surface area contributed by atoms with Gasteiger partial charge in [0.05, 0.1) is 28.3 Å². The van der Waals surface area contributed by atoms with E-state index in [9.17, 15) is 9.59 Å². The molecular weight excluding hydrogens is 489 g/mol. The summed E-state index contributed by atoms with van der Waals surface area (Å²) in [6.07, 6.45) is 3.39. The number of fused-ring (bicyclic) bond motifs is 1.